The van der Waals surface area contributed by atoms with E-state index in [9.17, 15) is 4.79 Å². The van der Waals surface area contributed by atoms with Gasteiger partial charge in [0.1, 0.15) is 0 Å². The number of nitrogens with zero attached hydrogens (tertiary/aromatic N) is 2. The van der Waals surface area contributed by atoms with Crippen molar-refractivity contribution in [2.24, 2.45) is 5.92 Å². The van der Waals surface area contributed by atoms with Crippen LogP contribution in [0.2, 0.25) is 0 Å². The van der Waals surface area contributed by atoms with Gasteiger partial charge in [0.25, 0.3) is 0 Å². The molecule has 2 atom stereocenters. The zero-order valence-corrected chi connectivity index (χ0v) is 16.7. The number of aryl methyl sites for hydroxylation is 1. The molecular formula is C24H30N2O2. The number of carbonyl (C=O) groups is 1. The third-order valence-corrected chi connectivity index (χ3v) is 6.12. The Morgan fingerprint density at radius 3 is 2.64 bits per heavy atom. The van der Waals surface area contributed by atoms with Crippen molar-refractivity contribution in [1.29, 1.82) is 0 Å². The van der Waals surface area contributed by atoms with Crippen molar-refractivity contribution < 1.29 is 9.53 Å². The lowest BCUT2D eigenvalue weighted by atomic mass is 9.92. The molecule has 2 unspecified atom stereocenters. The summed E-state index contributed by atoms with van der Waals surface area (Å²) in [5, 5.41) is 0. The van der Waals surface area contributed by atoms with Crippen LogP contribution in [-0.4, -0.2) is 54.6 Å². The van der Waals surface area contributed by atoms with Crippen LogP contribution < -0.4 is 0 Å². The minimum absolute atomic E-state index is 0.0453. The normalized spacial score (nSPS) is 23.3. The van der Waals surface area contributed by atoms with Gasteiger partial charge in [-0.1, -0.05) is 54.6 Å². The van der Waals surface area contributed by atoms with Gasteiger partial charge in [-0.25, -0.2) is 0 Å². The summed E-state index contributed by atoms with van der Waals surface area (Å²) in [6, 6.07) is 18.9. The molecule has 2 fully saturated rings. The van der Waals surface area contributed by atoms with E-state index in [0.29, 0.717) is 13.2 Å². The summed E-state index contributed by atoms with van der Waals surface area (Å²) < 4.78 is 6.09. The average molecular weight is 379 g/mol. The molecule has 0 bridgehead atoms. The molecule has 1 amide bonds. The van der Waals surface area contributed by atoms with Crippen LogP contribution in [0.1, 0.15) is 23.1 Å². The number of likely N-dealkylation sites (tertiary alicyclic amines) is 1. The number of rotatable bonds is 5. The summed E-state index contributed by atoms with van der Waals surface area (Å²) in [7, 11) is 0. The lowest BCUT2D eigenvalue weighted by molar-refractivity contribution is -0.139. The fraction of sp³-hybridized carbons (Fsp3) is 0.458. The van der Waals surface area contributed by atoms with E-state index in [2.05, 4.69) is 60.4 Å². The Labute approximate surface area is 168 Å². The number of hydrogen-bond donors (Lipinski definition) is 0. The van der Waals surface area contributed by atoms with E-state index < -0.39 is 0 Å². The van der Waals surface area contributed by atoms with Crippen LogP contribution in [0, 0.1) is 12.8 Å². The van der Waals surface area contributed by atoms with E-state index in [1.807, 2.05) is 11.0 Å². The van der Waals surface area contributed by atoms with Gasteiger partial charge in [-0.15, -0.1) is 0 Å². The summed E-state index contributed by atoms with van der Waals surface area (Å²) in [6.45, 7) is 6.98. The van der Waals surface area contributed by atoms with Gasteiger partial charge < -0.3 is 9.64 Å². The largest absolute Gasteiger partial charge is 0.375 e. The second-order valence-electron chi connectivity index (χ2n) is 8.03. The first kappa shape index (κ1) is 19.2. The molecule has 4 heteroatoms. The number of amides is 1. The zero-order chi connectivity index (χ0) is 19.3. The molecule has 0 aromatic heterocycles. The lowest BCUT2D eigenvalue weighted by Gasteiger charge is -2.37. The fourth-order valence-corrected chi connectivity index (χ4v) is 4.40. The van der Waals surface area contributed by atoms with E-state index in [1.165, 1.54) is 16.7 Å². The molecule has 2 heterocycles. The topological polar surface area (TPSA) is 32.8 Å². The monoisotopic (exact) mass is 378 g/mol. The van der Waals surface area contributed by atoms with Gasteiger partial charge in [0.15, 0.2) is 0 Å². The number of piperidine rings is 1. The van der Waals surface area contributed by atoms with Crippen LogP contribution in [-0.2, 0) is 22.5 Å². The molecule has 2 aromatic rings. The molecule has 0 N–H and O–H groups in total. The molecule has 2 saturated heterocycles. The molecule has 4 nitrogen and oxygen atoms in total. The number of fused-ring (bicyclic) bond motifs is 1. The summed E-state index contributed by atoms with van der Waals surface area (Å²) in [6.07, 6.45) is 1.91. The lowest BCUT2D eigenvalue weighted by Crippen LogP contribution is -2.49. The van der Waals surface area contributed by atoms with E-state index >= 15 is 0 Å². The van der Waals surface area contributed by atoms with Crippen molar-refractivity contribution in [2.75, 3.05) is 32.8 Å². The second kappa shape index (κ2) is 8.89. The molecule has 0 aliphatic carbocycles. The summed E-state index contributed by atoms with van der Waals surface area (Å²) in [5.41, 5.74) is 3.95. The maximum atomic E-state index is 13.3. The third kappa shape index (κ3) is 4.45. The molecule has 28 heavy (non-hydrogen) atoms. The highest BCUT2D eigenvalue weighted by atomic mass is 16.5. The van der Waals surface area contributed by atoms with Gasteiger partial charge in [-0.2, -0.15) is 0 Å². The molecule has 2 aliphatic rings. The fourth-order valence-electron chi connectivity index (χ4n) is 4.40. The minimum Gasteiger partial charge on any atom is -0.375 e. The molecule has 148 valence electrons. The SMILES string of the molecule is Cc1ccccc1CN1CCC2OCCN(CCc3ccccc3)C(=O)C2C1. The van der Waals surface area contributed by atoms with Crippen LogP contribution in [0.3, 0.4) is 0 Å². The zero-order valence-electron chi connectivity index (χ0n) is 16.7. The van der Waals surface area contributed by atoms with Crippen molar-refractivity contribution in [3.8, 4) is 0 Å². The molecule has 4 rings (SSSR count). The van der Waals surface area contributed by atoms with E-state index in [4.69, 9.17) is 4.74 Å². The van der Waals surface area contributed by atoms with Gasteiger partial charge >= 0.3 is 0 Å². The van der Waals surface area contributed by atoms with Crippen molar-refractivity contribution in [3.63, 3.8) is 0 Å². The Bertz CT molecular complexity index is 792. The highest BCUT2D eigenvalue weighted by Gasteiger charge is 2.39. The Kier molecular flexibility index (Phi) is 6.08. The van der Waals surface area contributed by atoms with Crippen LogP contribution in [0.15, 0.2) is 54.6 Å². The third-order valence-electron chi connectivity index (χ3n) is 6.12. The molecular weight excluding hydrogens is 348 g/mol. The molecule has 0 spiro atoms. The van der Waals surface area contributed by atoms with Crippen LogP contribution in [0.4, 0.5) is 0 Å². The highest BCUT2D eigenvalue weighted by molar-refractivity contribution is 5.80. The number of carbonyl (C=O) groups excluding carboxylic acids is 1. The number of benzene rings is 2. The van der Waals surface area contributed by atoms with Gasteiger partial charge in [-0.05, 0) is 36.5 Å². The first-order valence-electron chi connectivity index (χ1n) is 10.4. The minimum atomic E-state index is -0.0453. The van der Waals surface area contributed by atoms with Crippen LogP contribution in [0.25, 0.3) is 0 Å². The molecule has 2 aliphatic heterocycles. The second-order valence-corrected chi connectivity index (χ2v) is 8.03. The molecule has 2 aromatic carbocycles. The van der Waals surface area contributed by atoms with Crippen molar-refractivity contribution in [2.45, 2.75) is 32.4 Å². The highest BCUT2D eigenvalue weighted by Crippen LogP contribution is 2.26. The quantitative estimate of drug-likeness (QED) is 0.800. The van der Waals surface area contributed by atoms with E-state index in [-0.39, 0.29) is 17.9 Å². The predicted octanol–water partition coefficient (Wildman–Crippen LogP) is 3.29. The molecule has 0 radical (unpaired) electrons. The first-order chi connectivity index (χ1) is 13.7. The Hall–Kier alpha value is -2.17. The van der Waals surface area contributed by atoms with Gasteiger partial charge in [0, 0.05) is 32.7 Å². The predicted molar refractivity (Wildman–Crippen MR) is 111 cm³/mol. The van der Waals surface area contributed by atoms with Gasteiger partial charge in [-0.3, -0.25) is 9.69 Å². The molecule has 0 saturated carbocycles. The van der Waals surface area contributed by atoms with Crippen molar-refractivity contribution >= 4 is 5.91 Å². The number of hydrogen-bond acceptors (Lipinski definition) is 3. The number of ether oxygens (including phenoxy) is 1. The summed E-state index contributed by atoms with van der Waals surface area (Å²) in [5.74, 6) is 0.226. The first-order valence-corrected chi connectivity index (χ1v) is 10.4. The average Bonchev–Trinajstić information content (AvgIpc) is 2.88. The summed E-state index contributed by atoms with van der Waals surface area (Å²) >= 11 is 0. The van der Waals surface area contributed by atoms with Gasteiger partial charge in [0.2, 0.25) is 5.91 Å². The Morgan fingerprint density at radius 2 is 1.82 bits per heavy atom. The van der Waals surface area contributed by atoms with E-state index in [0.717, 1.165) is 39.0 Å². The van der Waals surface area contributed by atoms with Crippen molar-refractivity contribution in [1.82, 2.24) is 9.80 Å². The van der Waals surface area contributed by atoms with Crippen molar-refractivity contribution in [3.05, 3.63) is 71.3 Å². The maximum absolute atomic E-state index is 13.3. The van der Waals surface area contributed by atoms with Crippen LogP contribution >= 0.6 is 0 Å². The summed E-state index contributed by atoms with van der Waals surface area (Å²) in [4.78, 5) is 17.7. The van der Waals surface area contributed by atoms with Gasteiger partial charge in [0.05, 0.1) is 18.6 Å². The standard InChI is InChI=1S/C24H30N2O2/c1-19-7-5-6-10-21(19)17-25-13-12-23-22(18-25)24(27)26(15-16-28-23)14-11-20-8-3-2-4-9-20/h2-10,22-23H,11-18H2,1H3. The Morgan fingerprint density at radius 1 is 1.04 bits per heavy atom. The smallest absolute Gasteiger partial charge is 0.229 e. The maximum Gasteiger partial charge on any atom is 0.229 e. The van der Waals surface area contributed by atoms with Crippen LogP contribution in [0.5, 0.6) is 0 Å². The Balaban J connectivity index is 1.40. The van der Waals surface area contributed by atoms with E-state index in [1.54, 1.807) is 0 Å².